The molecule has 3 nitrogen and oxygen atoms in total. The van der Waals surface area contributed by atoms with Gasteiger partial charge in [0.2, 0.25) is 0 Å². The molecule has 19 heavy (non-hydrogen) atoms. The van der Waals surface area contributed by atoms with E-state index in [1.54, 1.807) is 7.11 Å². The molecular formula is C16H17NO2. The van der Waals surface area contributed by atoms with Crippen LogP contribution < -0.4 is 4.74 Å². The second-order valence-electron chi connectivity index (χ2n) is 4.89. The summed E-state index contributed by atoms with van der Waals surface area (Å²) in [5.41, 5.74) is 3.21. The number of para-hydroxylation sites is 1. The lowest BCUT2D eigenvalue weighted by Crippen LogP contribution is -2.13. The zero-order chi connectivity index (χ0) is 13.2. The average molecular weight is 255 g/mol. The lowest BCUT2D eigenvalue weighted by Gasteiger charge is -2.16. The van der Waals surface area contributed by atoms with E-state index in [9.17, 15) is 4.79 Å². The normalized spacial score (nSPS) is 14.3. The van der Waals surface area contributed by atoms with Crippen molar-refractivity contribution in [2.45, 2.75) is 25.8 Å². The summed E-state index contributed by atoms with van der Waals surface area (Å²) in [6, 6.07) is 9.97. The van der Waals surface area contributed by atoms with Crippen LogP contribution in [0.15, 0.2) is 36.5 Å². The van der Waals surface area contributed by atoms with Crippen molar-refractivity contribution in [3.63, 3.8) is 0 Å². The molecule has 1 aromatic carbocycles. The van der Waals surface area contributed by atoms with Gasteiger partial charge in [-0.1, -0.05) is 18.2 Å². The van der Waals surface area contributed by atoms with Gasteiger partial charge in [-0.2, -0.15) is 0 Å². The maximum absolute atomic E-state index is 11.8. The SMILES string of the molecule is COc1ccccc1Cn1ccc2c1CCCC2=O. The van der Waals surface area contributed by atoms with Crippen LogP contribution in [0.1, 0.15) is 34.5 Å². The molecule has 0 fully saturated rings. The predicted molar refractivity (Wildman–Crippen MR) is 73.8 cm³/mol. The Kier molecular flexibility index (Phi) is 3.11. The standard InChI is InChI=1S/C16H17NO2/c1-19-16-8-3-2-5-12(16)11-17-10-9-13-14(17)6-4-7-15(13)18/h2-3,5,8-10H,4,6-7,11H2,1H3. The van der Waals surface area contributed by atoms with Gasteiger partial charge < -0.3 is 9.30 Å². The predicted octanol–water partition coefficient (Wildman–Crippen LogP) is 3.06. The first-order valence-corrected chi connectivity index (χ1v) is 6.62. The molecule has 1 heterocycles. The van der Waals surface area contributed by atoms with Gasteiger partial charge in [0.05, 0.1) is 13.7 Å². The largest absolute Gasteiger partial charge is 0.496 e. The third kappa shape index (κ3) is 2.16. The number of nitrogens with zero attached hydrogens (tertiary/aromatic N) is 1. The van der Waals surface area contributed by atoms with Crippen molar-refractivity contribution < 1.29 is 9.53 Å². The van der Waals surface area contributed by atoms with Gasteiger partial charge in [0, 0.05) is 29.4 Å². The zero-order valence-electron chi connectivity index (χ0n) is 11.1. The van der Waals surface area contributed by atoms with E-state index < -0.39 is 0 Å². The molecule has 0 atom stereocenters. The fourth-order valence-electron chi connectivity index (χ4n) is 2.75. The summed E-state index contributed by atoms with van der Waals surface area (Å²) >= 11 is 0. The highest BCUT2D eigenvalue weighted by Crippen LogP contribution is 2.25. The maximum Gasteiger partial charge on any atom is 0.164 e. The van der Waals surface area contributed by atoms with Crippen molar-refractivity contribution in [1.82, 2.24) is 4.57 Å². The highest BCUT2D eigenvalue weighted by Gasteiger charge is 2.20. The minimum Gasteiger partial charge on any atom is -0.496 e. The van der Waals surface area contributed by atoms with E-state index >= 15 is 0 Å². The Hall–Kier alpha value is -2.03. The summed E-state index contributed by atoms with van der Waals surface area (Å²) in [6.45, 7) is 0.757. The third-order valence-electron chi connectivity index (χ3n) is 3.73. The number of aromatic nitrogens is 1. The topological polar surface area (TPSA) is 31.2 Å². The zero-order valence-corrected chi connectivity index (χ0v) is 11.1. The van der Waals surface area contributed by atoms with E-state index in [0.717, 1.165) is 36.3 Å². The van der Waals surface area contributed by atoms with Crippen LogP contribution in [0.25, 0.3) is 0 Å². The molecule has 0 amide bonds. The smallest absolute Gasteiger partial charge is 0.164 e. The Bertz CT molecular complexity index is 613. The van der Waals surface area contributed by atoms with Crippen molar-refractivity contribution in [2.75, 3.05) is 7.11 Å². The number of fused-ring (bicyclic) bond motifs is 1. The molecule has 3 heteroatoms. The molecule has 2 aromatic rings. The van der Waals surface area contributed by atoms with Crippen LogP contribution in [0.3, 0.4) is 0 Å². The number of carbonyl (C=O) groups is 1. The van der Waals surface area contributed by atoms with Crippen LogP contribution in [-0.2, 0) is 13.0 Å². The van der Waals surface area contributed by atoms with Crippen molar-refractivity contribution in [3.8, 4) is 5.75 Å². The lowest BCUT2D eigenvalue weighted by molar-refractivity contribution is 0.0972. The minimum absolute atomic E-state index is 0.278. The number of carbonyl (C=O) groups excluding carboxylic acids is 1. The molecule has 0 saturated carbocycles. The maximum atomic E-state index is 11.8. The first kappa shape index (κ1) is 12.0. The van der Waals surface area contributed by atoms with Gasteiger partial charge in [0.15, 0.2) is 5.78 Å². The molecule has 1 aliphatic carbocycles. The van der Waals surface area contributed by atoms with E-state index in [-0.39, 0.29) is 5.78 Å². The third-order valence-corrected chi connectivity index (χ3v) is 3.73. The Morgan fingerprint density at radius 2 is 2.05 bits per heavy atom. The summed E-state index contributed by atoms with van der Waals surface area (Å²) in [5, 5.41) is 0. The van der Waals surface area contributed by atoms with Gasteiger partial charge >= 0.3 is 0 Å². The van der Waals surface area contributed by atoms with Gasteiger partial charge in [0.25, 0.3) is 0 Å². The molecule has 0 N–H and O–H groups in total. The number of hydrogen-bond donors (Lipinski definition) is 0. The molecule has 0 unspecified atom stereocenters. The number of rotatable bonds is 3. The molecule has 0 bridgehead atoms. The molecule has 0 spiro atoms. The molecule has 1 aliphatic rings. The Labute approximate surface area is 112 Å². The van der Waals surface area contributed by atoms with Gasteiger partial charge in [-0.15, -0.1) is 0 Å². The second kappa shape index (κ2) is 4.92. The van der Waals surface area contributed by atoms with Crippen LogP contribution in [0.2, 0.25) is 0 Å². The quantitative estimate of drug-likeness (QED) is 0.844. The molecular weight excluding hydrogens is 238 g/mol. The molecule has 1 aromatic heterocycles. The summed E-state index contributed by atoms with van der Waals surface area (Å²) in [5.74, 6) is 1.17. The van der Waals surface area contributed by atoms with Crippen LogP contribution in [0, 0.1) is 0 Å². The number of benzene rings is 1. The fraction of sp³-hybridized carbons (Fsp3) is 0.312. The van der Waals surface area contributed by atoms with Crippen molar-refractivity contribution in [3.05, 3.63) is 53.3 Å². The lowest BCUT2D eigenvalue weighted by atomic mass is 9.97. The van der Waals surface area contributed by atoms with E-state index in [1.807, 2.05) is 30.5 Å². The van der Waals surface area contributed by atoms with Crippen LogP contribution in [-0.4, -0.2) is 17.5 Å². The molecule has 0 aliphatic heterocycles. The van der Waals surface area contributed by atoms with Gasteiger partial charge in [0.1, 0.15) is 5.75 Å². The monoisotopic (exact) mass is 255 g/mol. The first-order valence-electron chi connectivity index (χ1n) is 6.62. The van der Waals surface area contributed by atoms with Crippen molar-refractivity contribution in [2.24, 2.45) is 0 Å². The van der Waals surface area contributed by atoms with Crippen molar-refractivity contribution in [1.29, 1.82) is 0 Å². The fourth-order valence-corrected chi connectivity index (χ4v) is 2.75. The van der Waals surface area contributed by atoms with E-state index in [4.69, 9.17) is 4.74 Å². The van der Waals surface area contributed by atoms with E-state index in [2.05, 4.69) is 10.6 Å². The van der Waals surface area contributed by atoms with Crippen LogP contribution in [0.5, 0.6) is 5.75 Å². The summed E-state index contributed by atoms with van der Waals surface area (Å²) in [4.78, 5) is 11.8. The Morgan fingerprint density at radius 1 is 1.21 bits per heavy atom. The summed E-state index contributed by atoms with van der Waals surface area (Å²) in [6.07, 6.45) is 4.65. The molecule has 98 valence electrons. The number of methoxy groups -OCH3 is 1. The van der Waals surface area contributed by atoms with Gasteiger partial charge in [-0.3, -0.25) is 4.79 Å². The van der Waals surface area contributed by atoms with Gasteiger partial charge in [-0.05, 0) is 25.0 Å². The average Bonchev–Trinajstić information content (AvgIpc) is 2.84. The Balaban J connectivity index is 1.94. The second-order valence-corrected chi connectivity index (χ2v) is 4.89. The first-order chi connectivity index (χ1) is 9.29. The number of ether oxygens (including phenoxy) is 1. The molecule has 0 saturated heterocycles. The van der Waals surface area contributed by atoms with Crippen LogP contribution >= 0.6 is 0 Å². The van der Waals surface area contributed by atoms with Gasteiger partial charge in [-0.25, -0.2) is 0 Å². The number of Topliss-reactive ketones (excluding diaryl/α,β-unsaturated/α-hetero) is 1. The van der Waals surface area contributed by atoms with Crippen LogP contribution in [0.4, 0.5) is 0 Å². The minimum atomic E-state index is 0.278. The molecule has 3 rings (SSSR count). The Morgan fingerprint density at radius 3 is 2.89 bits per heavy atom. The highest BCUT2D eigenvalue weighted by molar-refractivity contribution is 5.98. The summed E-state index contributed by atoms with van der Waals surface area (Å²) in [7, 11) is 1.69. The van der Waals surface area contributed by atoms with Crippen molar-refractivity contribution >= 4 is 5.78 Å². The number of ketones is 1. The number of hydrogen-bond acceptors (Lipinski definition) is 2. The van der Waals surface area contributed by atoms with E-state index in [0.29, 0.717) is 6.42 Å². The van der Waals surface area contributed by atoms with E-state index in [1.165, 1.54) is 5.69 Å². The molecule has 0 radical (unpaired) electrons. The highest BCUT2D eigenvalue weighted by atomic mass is 16.5. The summed E-state index contributed by atoms with van der Waals surface area (Å²) < 4.78 is 7.55.